The lowest BCUT2D eigenvalue weighted by atomic mass is 10.0. The number of ether oxygens (including phenoxy) is 1. The predicted molar refractivity (Wildman–Crippen MR) is 111 cm³/mol. The molecule has 1 amide bonds. The van der Waals surface area contributed by atoms with Crippen molar-refractivity contribution in [2.75, 3.05) is 13.2 Å². The third kappa shape index (κ3) is 5.22. The normalized spacial score (nSPS) is 10.9. The van der Waals surface area contributed by atoms with Crippen molar-refractivity contribution in [1.29, 1.82) is 0 Å². The van der Waals surface area contributed by atoms with Gasteiger partial charge in [-0.15, -0.1) is 0 Å². The summed E-state index contributed by atoms with van der Waals surface area (Å²) < 4.78 is 7.55. The van der Waals surface area contributed by atoms with E-state index in [0.717, 1.165) is 29.0 Å². The Kier molecular flexibility index (Phi) is 6.48. The van der Waals surface area contributed by atoms with E-state index in [2.05, 4.69) is 42.5 Å². The first kappa shape index (κ1) is 19.7. The van der Waals surface area contributed by atoms with Crippen LogP contribution in [0.15, 0.2) is 60.9 Å². The number of nitrogens with one attached hydrogen (secondary N) is 1. The smallest absolute Gasteiger partial charge is 0.257 e. The summed E-state index contributed by atoms with van der Waals surface area (Å²) in [6.45, 7) is 6.88. The largest absolute Gasteiger partial charge is 0.483 e. The molecular weight excluding hydrogens is 350 g/mol. The van der Waals surface area contributed by atoms with Gasteiger partial charge in [-0.2, -0.15) is 5.10 Å². The summed E-state index contributed by atoms with van der Waals surface area (Å²) >= 11 is 0. The number of rotatable bonds is 8. The zero-order chi connectivity index (χ0) is 19.9. The van der Waals surface area contributed by atoms with Crippen molar-refractivity contribution in [2.24, 2.45) is 0 Å². The Morgan fingerprint density at radius 1 is 1.18 bits per heavy atom. The van der Waals surface area contributed by atoms with Crippen LogP contribution in [0.2, 0.25) is 0 Å². The predicted octanol–water partition coefficient (Wildman–Crippen LogP) is 4.04. The topological polar surface area (TPSA) is 56.1 Å². The van der Waals surface area contributed by atoms with E-state index >= 15 is 0 Å². The van der Waals surface area contributed by atoms with Gasteiger partial charge in [0.05, 0.1) is 5.69 Å². The molecule has 0 fully saturated rings. The Morgan fingerprint density at radius 3 is 2.64 bits per heavy atom. The van der Waals surface area contributed by atoms with Crippen molar-refractivity contribution in [2.45, 2.75) is 33.1 Å². The zero-order valence-corrected chi connectivity index (χ0v) is 16.7. The molecule has 2 aromatic carbocycles. The molecule has 0 radical (unpaired) electrons. The third-order valence-electron chi connectivity index (χ3n) is 4.68. The van der Waals surface area contributed by atoms with Crippen LogP contribution in [0.4, 0.5) is 0 Å². The van der Waals surface area contributed by atoms with Gasteiger partial charge in [-0.25, -0.2) is 4.68 Å². The number of carbonyl (C=O) groups excluding carboxylic acids is 1. The highest BCUT2D eigenvalue weighted by atomic mass is 16.5. The molecule has 0 spiro atoms. The molecule has 1 N–H and O–H groups in total. The lowest BCUT2D eigenvalue weighted by molar-refractivity contribution is -0.123. The molecule has 28 heavy (non-hydrogen) atoms. The molecule has 0 bridgehead atoms. The van der Waals surface area contributed by atoms with Crippen LogP contribution in [0, 0.1) is 6.92 Å². The SMILES string of the molecule is Cc1ccc(C(C)C)cc1OCC(=O)NCCc1ccc(-n2cccn2)cc1. The number of aromatic nitrogens is 2. The maximum Gasteiger partial charge on any atom is 0.257 e. The molecule has 0 aliphatic heterocycles. The fraction of sp³-hybridized carbons (Fsp3) is 0.304. The molecule has 3 rings (SSSR count). The van der Waals surface area contributed by atoms with Crippen LogP contribution in [0.5, 0.6) is 5.75 Å². The third-order valence-corrected chi connectivity index (χ3v) is 4.68. The molecule has 146 valence electrons. The Hall–Kier alpha value is -3.08. The van der Waals surface area contributed by atoms with Crippen LogP contribution in [-0.2, 0) is 11.2 Å². The van der Waals surface area contributed by atoms with Crippen molar-refractivity contribution in [3.8, 4) is 11.4 Å². The molecule has 5 heteroatoms. The van der Waals surface area contributed by atoms with Gasteiger partial charge in [0.1, 0.15) is 5.75 Å². The number of aryl methyl sites for hydroxylation is 1. The number of nitrogens with zero attached hydrogens (tertiary/aromatic N) is 2. The van der Waals surface area contributed by atoms with Crippen LogP contribution in [0.3, 0.4) is 0 Å². The van der Waals surface area contributed by atoms with Crippen molar-refractivity contribution >= 4 is 5.91 Å². The van der Waals surface area contributed by atoms with Gasteiger partial charge in [-0.1, -0.05) is 38.1 Å². The Morgan fingerprint density at radius 2 is 1.96 bits per heavy atom. The molecule has 0 saturated carbocycles. The van der Waals surface area contributed by atoms with Gasteiger partial charge < -0.3 is 10.1 Å². The number of benzene rings is 2. The van der Waals surface area contributed by atoms with Crippen LogP contribution < -0.4 is 10.1 Å². The second kappa shape index (κ2) is 9.22. The minimum Gasteiger partial charge on any atom is -0.483 e. The van der Waals surface area contributed by atoms with Gasteiger partial charge in [-0.05, 0) is 60.2 Å². The second-order valence-corrected chi connectivity index (χ2v) is 7.19. The zero-order valence-electron chi connectivity index (χ0n) is 16.7. The lowest BCUT2D eigenvalue weighted by Gasteiger charge is -2.13. The van der Waals surface area contributed by atoms with Gasteiger partial charge in [-0.3, -0.25) is 4.79 Å². The van der Waals surface area contributed by atoms with E-state index in [1.54, 1.807) is 6.20 Å². The molecule has 3 aromatic rings. The summed E-state index contributed by atoms with van der Waals surface area (Å²) in [6.07, 6.45) is 4.44. The number of hydrogen-bond acceptors (Lipinski definition) is 3. The monoisotopic (exact) mass is 377 g/mol. The second-order valence-electron chi connectivity index (χ2n) is 7.19. The van der Waals surface area contributed by atoms with E-state index < -0.39 is 0 Å². The number of amides is 1. The van der Waals surface area contributed by atoms with Gasteiger partial charge in [0.25, 0.3) is 5.91 Å². The minimum absolute atomic E-state index is 0.0284. The van der Waals surface area contributed by atoms with Gasteiger partial charge in [0, 0.05) is 18.9 Å². The van der Waals surface area contributed by atoms with Crippen LogP contribution in [-0.4, -0.2) is 28.8 Å². The van der Waals surface area contributed by atoms with Crippen molar-refractivity contribution in [3.05, 3.63) is 77.6 Å². The van der Waals surface area contributed by atoms with E-state index in [0.29, 0.717) is 12.5 Å². The van der Waals surface area contributed by atoms with Crippen molar-refractivity contribution in [3.63, 3.8) is 0 Å². The molecule has 0 saturated heterocycles. The molecule has 0 aliphatic rings. The highest BCUT2D eigenvalue weighted by Gasteiger charge is 2.08. The number of hydrogen-bond donors (Lipinski definition) is 1. The summed E-state index contributed by atoms with van der Waals surface area (Å²) in [5.41, 5.74) is 4.43. The van der Waals surface area contributed by atoms with E-state index in [1.807, 2.05) is 48.1 Å². The standard InChI is InChI=1S/C23H27N3O2/c1-17(2)20-8-5-18(3)22(15-20)28-16-23(27)24-13-11-19-6-9-21(10-7-19)26-14-4-12-25-26/h4-10,12,14-15,17H,11,13,16H2,1-3H3,(H,24,27). The molecule has 1 heterocycles. The lowest BCUT2D eigenvalue weighted by Crippen LogP contribution is -2.30. The number of carbonyl (C=O) groups is 1. The van der Waals surface area contributed by atoms with Crippen molar-refractivity contribution in [1.82, 2.24) is 15.1 Å². The molecule has 0 atom stereocenters. The Labute approximate surface area is 166 Å². The first-order chi connectivity index (χ1) is 13.5. The van der Waals surface area contributed by atoms with E-state index in [-0.39, 0.29) is 12.5 Å². The first-order valence-electron chi connectivity index (χ1n) is 9.62. The average molecular weight is 377 g/mol. The summed E-state index contributed by atoms with van der Waals surface area (Å²) in [6, 6.07) is 16.2. The molecule has 0 aliphatic carbocycles. The van der Waals surface area contributed by atoms with Gasteiger partial charge >= 0.3 is 0 Å². The summed E-state index contributed by atoms with van der Waals surface area (Å²) in [5.74, 6) is 1.09. The van der Waals surface area contributed by atoms with Crippen LogP contribution >= 0.6 is 0 Å². The fourth-order valence-electron chi connectivity index (χ4n) is 2.91. The quantitative estimate of drug-likeness (QED) is 0.644. The van der Waals surface area contributed by atoms with E-state index in [1.165, 1.54) is 5.56 Å². The molecule has 0 unspecified atom stereocenters. The van der Waals surface area contributed by atoms with Gasteiger partial charge in [0.2, 0.25) is 0 Å². The fourth-order valence-corrected chi connectivity index (χ4v) is 2.91. The highest BCUT2D eigenvalue weighted by Crippen LogP contribution is 2.24. The minimum atomic E-state index is -0.109. The molecule has 5 nitrogen and oxygen atoms in total. The summed E-state index contributed by atoms with van der Waals surface area (Å²) in [5, 5.41) is 7.13. The highest BCUT2D eigenvalue weighted by molar-refractivity contribution is 5.77. The van der Waals surface area contributed by atoms with E-state index in [9.17, 15) is 4.79 Å². The maximum absolute atomic E-state index is 12.1. The van der Waals surface area contributed by atoms with Crippen LogP contribution in [0.1, 0.15) is 36.5 Å². The summed E-state index contributed by atoms with van der Waals surface area (Å²) in [4.78, 5) is 12.1. The average Bonchev–Trinajstić information content (AvgIpc) is 3.22. The van der Waals surface area contributed by atoms with Gasteiger partial charge in [0.15, 0.2) is 6.61 Å². The first-order valence-corrected chi connectivity index (χ1v) is 9.62. The maximum atomic E-state index is 12.1. The van der Waals surface area contributed by atoms with Crippen molar-refractivity contribution < 1.29 is 9.53 Å². The summed E-state index contributed by atoms with van der Waals surface area (Å²) in [7, 11) is 0. The Balaban J connectivity index is 1.44. The molecule has 1 aromatic heterocycles. The van der Waals surface area contributed by atoms with Crippen LogP contribution in [0.25, 0.3) is 5.69 Å². The Bertz CT molecular complexity index is 900. The van der Waals surface area contributed by atoms with E-state index in [4.69, 9.17) is 4.74 Å². The molecular formula is C23H27N3O2.